The molecular formula is C75H122O6. The fraction of sp³-hybridized carbons (Fsp3) is 0.640. The first-order valence-corrected chi connectivity index (χ1v) is 33.3. The Labute approximate surface area is 499 Å². The molecule has 1 unspecified atom stereocenters. The maximum absolute atomic E-state index is 12.9. The molecular weight excluding hydrogens is 997 g/mol. The molecule has 0 aliphatic heterocycles. The summed E-state index contributed by atoms with van der Waals surface area (Å²) in [4.78, 5) is 38.2. The minimum Gasteiger partial charge on any atom is -0.462 e. The molecule has 0 bridgehead atoms. The molecule has 6 heteroatoms. The Morgan fingerprint density at radius 3 is 0.914 bits per heavy atom. The third-order valence-electron chi connectivity index (χ3n) is 13.9. The summed E-state index contributed by atoms with van der Waals surface area (Å²) < 4.78 is 16.7. The Kier molecular flexibility index (Phi) is 63.9. The lowest BCUT2D eigenvalue weighted by Gasteiger charge is -2.18. The normalized spacial score (nSPS) is 13.1. The lowest BCUT2D eigenvalue weighted by atomic mass is 10.0. The lowest BCUT2D eigenvalue weighted by Crippen LogP contribution is -2.30. The monoisotopic (exact) mass is 1120 g/mol. The average Bonchev–Trinajstić information content (AvgIpc) is 3.47. The third-order valence-corrected chi connectivity index (χ3v) is 13.9. The average molecular weight is 1120 g/mol. The van der Waals surface area contributed by atoms with Crippen LogP contribution in [0.4, 0.5) is 0 Å². The fourth-order valence-corrected chi connectivity index (χ4v) is 8.95. The van der Waals surface area contributed by atoms with Gasteiger partial charge in [0, 0.05) is 12.8 Å². The molecule has 0 amide bonds. The van der Waals surface area contributed by atoms with Crippen LogP contribution in [0.5, 0.6) is 0 Å². The van der Waals surface area contributed by atoms with Crippen LogP contribution >= 0.6 is 0 Å². The van der Waals surface area contributed by atoms with E-state index in [0.717, 1.165) is 89.9 Å². The highest BCUT2D eigenvalue weighted by Crippen LogP contribution is 2.16. The van der Waals surface area contributed by atoms with Gasteiger partial charge in [-0.15, -0.1) is 0 Å². The molecule has 0 radical (unpaired) electrons. The summed E-state index contributed by atoms with van der Waals surface area (Å²) in [5.41, 5.74) is 0. The molecule has 0 aliphatic carbocycles. The van der Waals surface area contributed by atoms with Gasteiger partial charge < -0.3 is 14.2 Å². The predicted octanol–water partition coefficient (Wildman–Crippen LogP) is 23.1. The maximum Gasteiger partial charge on any atom is 0.309 e. The smallest absolute Gasteiger partial charge is 0.309 e. The lowest BCUT2D eigenvalue weighted by molar-refractivity contribution is -0.166. The van der Waals surface area contributed by atoms with Crippen LogP contribution in [0.2, 0.25) is 0 Å². The predicted molar refractivity (Wildman–Crippen MR) is 352 cm³/mol. The highest BCUT2D eigenvalue weighted by atomic mass is 16.6. The summed E-state index contributed by atoms with van der Waals surface area (Å²) in [5, 5.41) is 0. The van der Waals surface area contributed by atoms with Gasteiger partial charge in [0.15, 0.2) is 6.10 Å². The topological polar surface area (TPSA) is 78.9 Å². The van der Waals surface area contributed by atoms with Crippen molar-refractivity contribution in [1.82, 2.24) is 0 Å². The SMILES string of the molecule is CC/C=C\C/C=C\C/C=C\C/C=C\C/C=C\C/C=C\CCC(=O)OC(COC(=O)C/C=C\C/C=C\C/C=C\C/C=C\C/C=C\CC)COC(=O)CCCCCCCCCCCCCCCCCCC/C=C\CCCCCCCCCC. The Morgan fingerprint density at radius 1 is 0.272 bits per heavy atom. The van der Waals surface area contributed by atoms with Gasteiger partial charge in [-0.25, -0.2) is 0 Å². The molecule has 0 N–H and O–H groups in total. The number of ether oxygens (including phenoxy) is 3. The van der Waals surface area contributed by atoms with E-state index in [9.17, 15) is 14.4 Å². The number of rotatable bonds is 59. The van der Waals surface area contributed by atoms with E-state index in [1.807, 2.05) is 18.2 Å². The Hall–Kier alpha value is -4.71. The van der Waals surface area contributed by atoms with Gasteiger partial charge in [0.2, 0.25) is 0 Å². The van der Waals surface area contributed by atoms with E-state index in [2.05, 4.69) is 142 Å². The first-order chi connectivity index (χ1) is 40.0. The Balaban J connectivity index is 4.41. The number of carbonyl (C=O) groups excluding carboxylic acids is 3. The molecule has 0 aromatic heterocycles. The van der Waals surface area contributed by atoms with Crippen molar-refractivity contribution in [2.24, 2.45) is 0 Å². The largest absolute Gasteiger partial charge is 0.462 e. The second kappa shape index (κ2) is 67.8. The number of esters is 3. The number of unbranched alkanes of at least 4 members (excludes halogenated alkanes) is 25. The summed E-state index contributed by atoms with van der Waals surface area (Å²) in [5.74, 6) is -1.16. The van der Waals surface area contributed by atoms with Crippen molar-refractivity contribution in [1.29, 1.82) is 0 Å². The van der Waals surface area contributed by atoms with Crippen LogP contribution in [0.3, 0.4) is 0 Å². The van der Waals surface area contributed by atoms with Gasteiger partial charge in [-0.3, -0.25) is 14.4 Å². The first-order valence-electron chi connectivity index (χ1n) is 33.3. The molecule has 1 atom stereocenters. The minimum absolute atomic E-state index is 0.106. The molecule has 0 saturated carbocycles. The highest BCUT2D eigenvalue weighted by Gasteiger charge is 2.19. The zero-order valence-electron chi connectivity index (χ0n) is 52.5. The third kappa shape index (κ3) is 66.0. The van der Waals surface area contributed by atoms with Crippen molar-refractivity contribution in [3.63, 3.8) is 0 Å². The summed E-state index contributed by atoms with van der Waals surface area (Å²) in [6.45, 7) is 6.27. The van der Waals surface area contributed by atoms with Crippen LogP contribution in [-0.2, 0) is 28.6 Å². The molecule has 81 heavy (non-hydrogen) atoms. The fourth-order valence-electron chi connectivity index (χ4n) is 8.95. The van der Waals surface area contributed by atoms with E-state index in [4.69, 9.17) is 14.2 Å². The van der Waals surface area contributed by atoms with Crippen molar-refractivity contribution >= 4 is 17.9 Å². The van der Waals surface area contributed by atoms with Crippen molar-refractivity contribution in [2.45, 2.75) is 297 Å². The molecule has 6 nitrogen and oxygen atoms in total. The van der Waals surface area contributed by atoms with Crippen molar-refractivity contribution < 1.29 is 28.6 Å². The van der Waals surface area contributed by atoms with Crippen molar-refractivity contribution in [2.75, 3.05) is 13.2 Å². The molecule has 458 valence electrons. The van der Waals surface area contributed by atoms with Gasteiger partial charge in [0.1, 0.15) is 13.2 Å². The second-order valence-electron chi connectivity index (χ2n) is 21.6. The van der Waals surface area contributed by atoms with E-state index < -0.39 is 18.0 Å². The van der Waals surface area contributed by atoms with E-state index in [1.54, 1.807) is 6.08 Å². The number of carbonyl (C=O) groups is 3. The Bertz CT molecular complexity index is 1760. The molecule has 0 aromatic carbocycles. The van der Waals surface area contributed by atoms with Gasteiger partial charge in [-0.05, 0) is 109 Å². The van der Waals surface area contributed by atoms with Gasteiger partial charge >= 0.3 is 17.9 Å². The van der Waals surface area contributed by atoms with E-state index in [1.165, 1.54) is 154 Å². The standard InChI is InChI=1S/C75H122O6/c1-4-7-10-13-16-19-22-25-28-30-32-33-34-35-36-37-38-39-40-41-43-44-47-50-53-56-59-62-65-68-74(77)80-71-72(70-79-73(76)67-64-61-58-55-52-49-46-27-24-21-18-15-12-9-6-3)81-75(78)69-66-63-60-57-54-51-48-45-42-31-29-26-23-20-17-14-11-8-5-2/h8-9,11-12,17-18,20-21,26-27,29-30,32,42,45-46,51-52,54-55,60-61,63-64,72H,4-7,10,13-16,19,22-25,28,31,33-41,43-44,47-50,53,56-59,62,65-71H2,1-3H3/b11-8-,12-9-,20-17-,21-18-,29-26-,32-30-,45-42-,46-27-,54-51-,55-52-,63-60-,64-61-. The quantitative estimate of drug-likeness (QED) is 0.0261. The molecule has 0 aromatic rings. The van der Waals surface area contributed by atoms with E-state index in [-0.39, 0.29) is 32.0 Å². The summed E-state index contributed by atoms with van der Waals surface area (Å²) in [6, 6.07) is 0. The zero-order valence-corrected chi connectivity index (χ0v) is 52.5. The van der Waals surface area contributed by atoms with Crippen LogP contribution in [0.1, 0.15) is 290 Å². The van der Waals surface area contributed by atoms with Crippen LogP contribution in [0, 0.1) is 0 Å². The molecule has 0 saturated heterocycles. The van der Waals surface area contributed by atoms with Crippen molar-refractivity contribution in [3.05, 3.63) is 146 Å². The highest BCUT2D eigenvalue weighted by molar-refractivity contribution is 5.72. The van der Waals surface area contributed by atoms with Crippen LogP contribution < -0.4 is 0 Å². The molecule has 0 fully saturated rings. The van der Waals surface area contributed by atoms with Crippen LogP contribution in [0.25, 0.3) is 0 Å². The van der Waals surface area contributed by atoms with Crippen LogP contribution in [0.15, 0.2) is 146 Å². The Morgan fingerprint density at radius 2 is 0.556 bits per heavy atom. The molecule has 0 rings (SSSR count). The van der Waals surface area contributed by atoms with Crippen LogP contribution in [-0.4, -0.2) is 37.2 Å². The van der Waals surface area contributed by atoms with Gasteiger partial charge in [-0.2, -0.15) is 0 Å². The molecule has 0 heterocycles. The number of hydrogen-bond acceptors (Lipinski definition) is 6. The molecule has 0 aliphatic rings. The summed E-state index contributed by atoms with van der Waals surface area (Å²) in [7, 11) is 0. The van der Waals surface area contributed by atoms with Crippen molar-refractivity contribution in [3.8, 4) is 0 Å². The maximum atomic E-state index is 12.9. The minimum atomic E-state index is -0.865. The first kappa shape index (κ1) is 76.3. The van der Waals surface area contributed by atoms with E-state index >= 15 is 0 Å². The zero-order chi connectivity index (χ0) is 58.5. The number of hydrogen-bond donors (Lipinski definition) is 0. The van der Waals surface area contributed by atoms with Gasteiger partial charge in [0.25, 0.3) is 0 Å². The summed E-state index contributed by atoms with van der Waals surface area (Å²) in [6.07, 6.45) is 97.8. The van der Waals surface area contributed by atoms with Gasteiger partial charge in [0.05, 0.1) is 6.42 Å². The van der Waals surface area contributed by atoms with Gasteiger partial charge in [-0.1, -0.05) is 308 Å². The van der Waals surface area contributed by atoms with E-state index in [0.29, 0.717) is 12.8 Å². The number of allylic oxidation sites excluding steroid dienone is 23. The summed E-state index contributed by atoms with van der Waals surface area (Å²) >= 11 is 0. The molecule has 0 spiro atoms. The second-order valence-corrected chi connectivity index (χ2v) is 21.6.